The summed E-state index contributed by atoms with van der Waals surface area (Å²) in [7, 11) is 0. The van der Waals surface area contributed by atoms with Crippen molar-refractivity contribution in [2.75, 3.05) is 18.5 Å². The van der Waals surface area contributed by atoms with E-state index in [9.17, 15) is 19.3 Å². The highest BCUT2D eigenvalue weighted by atomic mass is 16.5. The lowest BCUT2D eigenvalue weighted by molar-refractivity contribution is -0.126. The van der Waals surface area contributed by atoms with Crippen LogP contribution >= 0.6 is 0 Å². The van der Waals surface area contributed by atoms with Crippen molar-refractivity contribution < 1.29 is 19.1 Å². The van der Waals surface area contributed by atoms with Crippen LogP contribution in [0.3, 0.4) is 0 Å². The van der Waals surface area contributed by atoms with Crippen molar-refractivity contribution >= 4 is 23.7 Å². The monoisotopic (exact) mass is 508 g/mol. The maximum Gasteiger partial charge on any atom is 0.345 e. The minimum atomic E-state index is -1.37. The van der Waals surface area contributed by atoms with Gasteiger partial charge in [-0.15, -0.1) is 4.91 Å². The van der Waals surface area contributed by atoms with Gasteiger partial charge in [0, 0.05) is 17.4 Å². The van der Waals surface area contributed by atoms with Crippen LogP contribution in [0.15, 0.2) is 53.7 Å². The highest BCUT2D eigenvalue weighted by Crippen LogP contribution is 2.30. The molecular weight excluding hydrogens is 476 g/mol. The molecule has 4 rings (SSSR count). The lowest BCUT2D eigenvalue weighted by Crippen LogP contribution is -2.71. The van der Waals surface area contributed by atoms with Crippen LogP contribution in [0.25, 0.3) is 0 Å². The number of imide groups is 1. The Morgan fingerprint density at radius 3 is 2.32 bits per heavy atom. The lowest BCUT2D eigenvalue weighted by atomic mass is 9.92. The van der Waals surface area contributed by atoms with Crippen LogP contribution in [0.4, 0.5) is 15.3 Å². The summed E-state index contributed by atoms with van der Waals surface area (Å²) < 4.78 is 5.78. The average Bonchev–Trinajstić information content (AvgIpc) is 3.72. The molecule has 1 aliphatic carbocycles. The van der Waals surface area contributed by atoms with Crippen molar-refractivity contribution in [3.63, 3.8) is 0 Å². The van der Waals surface area contributed by atoms with Crippen LogP contribution in [0.2, 0.25) is 0 Å². The molecule has 37 heavy (non-hydrogen) atoms. The Hall–Kier alpha value is -3.99. The van der Waals surface area contributed by atoms with Crippen molar-refractivity contribution in [3.8, 4) is 5.75 Å². The van der Waals surface area contributed by atoms with Crippen molar-refractivity contribution in [3.05, 3.63) is 64.6 Å². The minimum Gasteiger partial charge on any atom is -0.493 e. The van der Waals surface area contributed by atoms with E-state index in [1.165, 1.54) is 31.6 Å². The summed E-state index contributed by atoms with van der Waals surface area (Å²) in [5.41, 5.74) is 1.14. The van der Waals surface area contributed by atoms with E-state index >= 15 is 0 Å². The second-order valence-electron chi connectivity index (χ2n) is 10.2. The first-order valence-electron chi connectivity index (χ1n) is 12.2. The minimum absolute atomic E-state index is 0.136. The average molecular weight is 509 g/mol. The summed E-state index contributed by atoms with van der Waals surface area (Å²) in [5, 5.41) is 6.54. The Labute approximate surface area is 215 Å². The number of nitrogens with two attached hydrogens (primary N) is 1. The molecule has 196 valence electrons. The number of ether oxygens (including phenoxy) is 1. The molecule has 3 N–H and O–H groups in total. The molecular formula is C26H32N6O5. The third kappa shape index (κ3) is 6.05. The van der Waals surface area contributed by atoms with Crippen LogP contribution in [-0.4, -0.2) is 52.2 Å². The Morgan fingerprint density at radius 2 is 1.73 bits per heavy atom. The molecule has 5 amide bonds. The van der Waals surface area contributed by atoms with E-state index in [2.05, 4.69) is 10.5 Å². The molecule has 11 heteroatoms. The number of benzene rings is 2. The molecule has 0 bridgehead atoms. The maximum atomic E-state index is 13.6. The molecule has 2 fully saturated rings. The van der Waals surface area contributed by atoms with Gasteiger partial charge in [-0.2, -0.15) is 0 Å². The molecule has 2 aromatic rings. The van der Waals surface area contributed by atoms with Gasteiger partial charge in [-0.3, -0.25) is 9.69 Å². The molecule has 0 radical (unpaired) electrons. The molecule has 1 aliphatic heterocycles. The Morgan fingerprint density at radius 1 is 1.08 bits per heavy atom. The second-order valence-corrected chi connectivity index (χ2v) is 10.2. The lowest BCUT2D eigenvalue weighted by Gasteiger charge is -2.46. The zero-order chi connectivity index (χ0) is 26.7. The number of amides is 5. The van der Waals surface area contributed by atoms with Gasteiger partial charge >= 0.3 is 12.1 Å². The number of carbonyl (C=O) groups excluding carboxylic acids is 3. The first kappa shape index (κ1) is 26.1. The molecule has 1 atom stereocenters. The molecule has 1 unspecified atom stereocenters. The zero-order valence-electron chi connectivity index (χ0n) is 21.2. The van der Waals surface area contributed by atoms with Crippen LogP contribution in [0, 0.1) is 23.2 Å². The number of anilines is 1. The number of hydrazine groups is 1. The molecule has 2 aliphatic rings. The number of urea groups is 2. The molecule has 1 saturated heterocycles. The Kier molecular flexibility index (Phi) is 7.44. The van der Waals surface area contributed by atoms with E-state index in [4.69, 9.17) is 10.6 Å². The summed E-state index contributed by atoms with van der Waals surface area (Å²) in [4.78, 5) is 51.9. The number of nitrogens with zero attached hydrogens (tertiary/aromatic N) is 4. The van der Waals surface area contributed by atoms with E-state index in [0.717, 1.165) is 26.8 Å². The van der Waals surface area contributed by atoms with Gasteiger partial charge in [0.25, 0.3) is 5.91 Å². The highest BCUT2D eigenvalue weighted by Gasteiger charge is 2.46. The Balaban J connectivity index is 1.58. The van der Waals surface area contributed by atoms with Crippen molar-refractivity contribution in [1.82, 2.24) is 14.8 Å². The van der Waals surface area contributed by atoms with Gasteiger partial charge < -0.3 is 10.1 Å². The number of rotatable bonds is 10. The van der Waals surface area contributed by atoms with Crippen LogP contribution < -0.4 is 15.9 Å². The predicted octanol–water partition coefficient (Wildman–Crippen LogP) is 4.03. The SMILES string of the molecule is Cc1ccc(CN2C(=O)N(CC(C)(C)C(=O)N=O)C(=O)N(N)C2Nc2ccc(OCC3CC3)cc2)cc1. The van der Waals surface area contributed by atoms with Gasteiger partial charge in [0.2, 0.25) is 6.29 Å². The number of nitroso groups, excluding NO2 is 1. The van der Waals surface area contributed by atoms with Crippen molar-refractivity contribution in [2.24, 2.45) is 22.4 Å². The van der Waals surface area contributed by atoms with Gasteiger partial charge in [-0.25, -0.2) is 25.3 Å². The summed E-state index contributed by atoms with van der Waals surface area (Å²) >= 11 is 0. The second kappa shape index (κ2) is 10.6. The molecule has 2 aromatic carbocycles. The topological polar surface area (TPSA) is 138 Å². The number of hydrogen-bond acceptors (Lipinski definition) is 7. The molecule has 0 spiro atoms. The number of hydrogen-bond donors (Lipinski definition) is 2. The largest absolute Gasteiger partial charge is 0.493 e. The third-order valence-corrected chi connectivity index (χ3v) is 6.51. The van der Waals surface area contributed by atoms with E-state index in [-0.39, 0.29) is 13.1 Å². The van der Waals surface area contributed by atoms with Gasteiger partial charge in [0.05, 0.1) is 18.6 Å². The Bertz CT molecular complexity index is 1160. The zero-order valence-corrected chi connectivity index (χ0v) is 21.2. The molecule has 1 heterocycles. The molecule has 11 nitrogen and oxygen atoms in total. The normalized spacial score (nSPS) is 18.2. The van der Waals surface area contributed by atoms with Crippen molar-refractivity contribution in [1.29, 1.82) is 0 Å². The van der Waals surface area contributed by atoms with Gasteiger partial charge in [-0.05, 0) is 69.4 Å². The fraction of sp³-hybridized carbons (Fsp3) is 0.423. The fourth-order valence-electron chi connectivity index (χ4n) is 3.94. The smallest absolute Gasteiger partial charge is 0.345 e. The van der Waals surface area contributed by atoms with Crippen molar-refractivity contribution in [2.45, 2.75) is 46.4 Å². The van der Waals surface area contributed by atoms with Gasteiger partial charge in [0.15, 0.2) is 0 Å². The summed E-state index contributed by atoms with van der Waals surface area (Å²) in [6, 6.07) is 13.4. The first-order valence-corrected chi connectivity index (χ1v) is 12.2. The number of aryl methyl sites for hydroxylation is 1. The van der Waals surface area contributed by atoms with Crippen LogP contribution in [0.1, 0.15) is 37.8 Å². The van der Waals surface area contributed by atoms with E-state index in [1.807, 2.05) is 43.3 Å². The summed E-state index contributed by atoms with van der Waals surface area (Å²) in [6.45, 7) is 5.32. The molecule has 1 saturated carbocycles. The van der Waals surface area contributed by atoms with Crippen LogP contribution in [0.5, 0.6) is 5.75 Å². The van der Waals surface area contributed by atoms with Crippen LogP contribution in [-0.2, 0) is 11.3 Å². The highest BCUT2D eigenvalue weighted by molar-refractivity contribution is 5.97. The summed E-state index contributed by atoms with van der Waals surface area (Å²) in [6.07, 6.45) is 1.37. The predicted molar refractivity (Wildman–Crippen MR) is 137 cm³/mol. The number of nitrogens with one attached hydrogen (secondary N) is 1. The standard InChI is InChI=1S/C26H32N6O5/c1-17-4-6-18(7-5-17)14-30-23(28-20-10-12-21(13-11-20)37-15-19-8-9-19)32(27)25(35)31(24(30)34)16-26(2,3)22(33)29-36/h4-7,10-13,19,23,28H,8-9,14-16,27H2,1-3H3. The van der Waals surface area contributed by atoms with E-state index < -0.39 is 29.7 Å². The van der Waals surface area contributed by atoms with Gasteiger partial charge in [-0.1, -0.05) is 29.8 Å². The first-order chi connectivity index (χ1) is 17.6. The third-order valence-electron chi connectivity index (χ3n) is 6.51. The van der Waals surface area contributed by atoms with Gasteiger partial charge in [0.1, 0.15) is 5.75 Å². The molecule has 0 aromatic heterocycles. The fourth-order valence-corrected chi connectivity index (χ4v) is 3.94. The van der Waals surface area contributed by atoms with E-state index in [1.54, 1.807) is 12.1 Å². The van der Waals surface area contributed by atoms with E-state index in [0.29, 0.717) is 18.2 Å². The quantitative estimate of drug-likeness (QED) is 0.281. The number of carbonyl (C=O) groups is 3. The summed E-state index contributed by atoms with van der Waals surface area (Å²) in [5.74, 6) is 6.62. The maximum absolute atomic E-state index is 13.6.